The first-order valence-electron chi connectivity index (χ1n) is 8.78. The molecule has 0 saturated heterocycles. The number of carbonyl (C=O) groups is 1. The number of nitro groups is 1. The van der Waals surface area contributed by atoms with Crippen LogP contribution in [0.2, 0.25) is 0 Å². The molecule has 0 radical (unpaired) electrons. The molecule has 32 heavy (non-hydrogen) atoms. The highest BCUT2D eigenvalue weighted by atomic mass is 19.4. The Morgan fingerprint density at radius 3 is 2.12 bits per heavy atom. The molecule has 0 aliphatic rings. The molecule has 0 aliphatic carbocycles. The topological polar surface area (TPSA) is 78.7 Å². The molecule has 0 N–H and O–H groups in total. The van der Waals surface area contributed by atoms with Gasteiger partial charge in [0.1, 0.15) is 18.6 Å². The van der Waals surface area contributed by atoms with Gasteiger partial charge in [-0.1, -0.05) is 0 Å². The Bertz CT molecular complexity index is 1140. The highest BCUT2D eigenvalue weighted by Gasteiger charge is 2.30. The summed E-state index contributed by atoms with van der Waals surface area (Å²) in [7, 11) is 0. The van der Waals surface area contributed by atoms with Crippen LogP contribution in [-0.4, -0.2) is 11.2 Å². The van der Waals surface area contributed by atoms with E-state index >= 15 is 0 Å². The fourth-order valence-electron chi connectivity index (χ4n) is 2.66. The monoisotopic (exact) mass is 453 g/mol. The van der Waals surface area contributed by atoms with Crippen molar-refractivity contribution in [1.29, 1.82) is 0 Å². The largest absolute Gasteiger partial charge is 0.483 e. The molecular weight excluding hydrogens is 441 g/mol. The van der Waals surface area contributed by atoms with Crippen LogP contribution in [0, 0.1) is 21.7 Å². The summed E-state index contributed by atoms with van der Waals surface area (Å²) in [4.78, 5) is 21.1. The van der Waals surface area contributed by atoms with Crippen molar-refractivity contribution in [2.45, 2.75) is 12.8 Å². The number of ether oxygens (including phenoxy) is 2. The molecule has 0 amide bonds. The average Bonchev–Trinajstić information content (AvgIpc) is 2.72. The number of nitrogens with zero attached hydrogens (tertiary/aromatic N) is 1. The van der Waals surface area contributed by atoms with Crippen LogP contribution in [-0.2, 0) is 12.8 Å². The first-order chi connectivity index (χ1) is 15.1. The van der Waals surface area contributed by atoms with E-state index in [1.807, 2.05) is 0 Å². The van der Waals surface area contributed by atoms with Crippen LogP contribution in [0.4, 0.5) is 27.6 Å². The number of alkyl halides is 3. The number of hydrogen-bond acceptors (Lipinski definition) is 5. The van der Waals surface area contributed by atoms with Gasteiger partial charge in [0.25, 0.3) is 0 Å². The predicted molar refractivity (Wildman–Crippen MR) is 101 cm³/mol. The maximum absolute atomic E-state index is 13.9. The van der Waals surface area contributed by atoms with E-state index < -0.39 is 46.3 Å². The molecule has 3 aromatic carbocycles. The highest BCUT2D eigenvalue weighted by molar-refractivity contribution is 5.75. The van der Waals surface area contributed by atoms with Gasteiger partial charge < -0.3 is 9.47 Å². The van der Waals surface area contributed by atoms with Gasteiger partial charge in [-0.25, -0.2) is 8.78 Å². The molecule has 11 heteroatoms. The Balaban J connectivity index is 1.83. The lowest BCUT2D eigenvalue weighted by molar-refractivity contribution is -0.385. The lowest BCUT2D eigenvalue weighted by Crippen LogP contribution is -2.04. The summed E-state index contributed by atoms with van der Waals surface area (Å²) in [5.41, 5.74) is -1.42. The van der Waals surface area contributed by atoms with Crippen molar-refractivity contribution in [2.24, 2.45) is 0 Å². The van der Waals surface area contributed by atoms with Crippen molar-refractivity contribution >= 4 is 12.0 Å². The molecular formula is C21H12F5NO5. The normalized spacial score (nSPS) is 11.2. The van der Waals surface area contributed by atoms with Crippen molar-refractivity contribution in [2.75, 3.05) is 0 Å². The van der Waals surface area contributed by atoms with Crippen LogP contribution >= 0.6 is 0 Å². The van der Waals surface area contributed by atoms with Crippen molar-refractivity contribution in [1.82, 2.24) is 0 Å². The highest BCUT2D eigenvalue weighted by Crippen LogP contribution is 2.35. The number of rotatable bonds is 7. The summed E-state index contributed by atoms with van der Waals surface area (Å²) in [6.45, 7) is -0.421. The van der Waals surface area contributed by atoms with E-state index in [0.717, 1.165) is 48.5 Å². The first-order valence-corrected chi connectivity index (χ1v) is 8.78. The molecule has 0 bridgehead atoms. The lowest BCUT2D eigenvalue weighted by Gasteiger charge is -2.12. The molecule has 3 aromatic rings. The number of carbonyl (C=O) groups excluding carboxylic acids is 1. The van der Waals surface area contributed by atoms with Gasteiger partial charge in [-0.3, -0.25) is 14.9 Å². The zero-order valence-corrected chi connectivity index (χ0v) is 15.9. The van der Waals surface area contributed by atoms with E-state index in [-0.39, 0.29) is 28.9 Å². The zero-order valence-electron chi connectivity index (χ0n) is 15.9. The molecule has 0 fully saturated rings. The van der Waals surface area contributed by atoms with E-state index in [1.165, 1.54) is 6.07 Å². The summed E-state index contributed by atoms with van der Waals surface area (Å²) in [5.74, 6) is -3.39. The standard InChI is InChI=1S/C21H12F5NO5/c22-16-7-13(10-28)8-17(23)20(16)31-11-12-1-6-18(27(29)30)19(9-12)32-15-4-2-14(3-5-15)21(24,25)26/h1-10H,11H2. The third kappa shape index (κ3) is 5.17. The van der Waals surface area contributed by atoms with Crippen LogP contribution < -0.4 is 9.47 Å². The minimum absolute atomic E-state index is 0.0966. The van der Waals surface area contributed by atoms with Crippen LogP contribution in [0.15, 0.2) is 54.6 Å². The van der Waals surface area contributed by atoms with Gasteiger partial charge in [-0.05, 0) is 54.1 Å². The SMILES string of the molecule is O=Cc1cc(F)c(OCc2ccc([N+](=O)[O-])c(Oc3ccc(C(F)(F)F)cc3)c2)c(F)c1. The molecule has 0 atom stereocenters. The van der Waals surface area contributed by atoms with Gasteiger partial charge in [0.15, 0.2) is 17.4 Å². The van der Waals surface area contributed by atoms with Crippen LogP contribution in [0.5, 0.6) is 17.2 Å². The Labute approximate surface area is 177 Å². The van der Waals surface area contributed by atoms with Crippen molar-refractivity contribution in [3.63, 3.8) is 0 Å². The maximum atomic E-state index is 13.9. The number of nitro benzene ring substituents is 1. The number of halogens is 5. The molecule has 166 valence electrons. The fraction of sp³-hybridized carbons (Fsp3) is 0.0952. The summed E-state index contributed by atoms with van der Waals surface area (Å²) >= 11 is 0. The average molecular weight is 453 g/mol. The van der Waals surface area contributed by atoms with E-state index in [1.54, 1.807) is 0 Å². The number of aldehydes is 1. The van der Waals surface area contributed by atoms with Gasteiger partial charge in [-0.15, -0.1) is 0 Å². The van der Waals surface area contributed by atoms with Crippen LogP contribution in [0.3, 0.4) is 0 Å². The summed E-state index contributed by atoms with van der Waals surface area (Å²) in [6, 6.07) is 8.52. The second-order valence-electron chi connectivity index (χ2n) is 6.40. The third-order valence-electron chi connectivity index (χ3n) is 4.17. The van der Waals surface area contributed by atoms with Crippen molar-refractivity contribution < 1.29 is 41.1 Å². The van der Waals surface area contributed by atoms with Gasteiger partial charge in [0.2, 0.25) is 5.75 Å². The molecule has 0 spiro atoms. The van der Waals surface area contributed by atoms with E-state index in [0.29, 0.717) is 0 Å². The fourth-order valence-corrected chi connectivity index (χ4v) is 2.66. The molecule has 0 aromatic heterocycles. The van der Waals surface area contributed by atoms with E-state index in [4.69, 9.17) is 9.47 Å². The molecule has 0 saturated carbocycles. The second-order valence-corrected chi connectivity index (χ2v) is 6.40. The quantitative estimate of drug-likeness (QED) is 0.188. The Kier molecular flexibility index (Phi) is 6.37. The minimum atomic E-state index is -4.56. The molecule has 0 unspecified atom stereocenters. The molecule has 6 nitrogen and oxygen atoms in total. The Hall–Kier alpha value is -4.02. The Morgan fingerprint density at radius 1 is 0.969 bits per heavy atom. The molecule has 0 heterocycles. The van der Waals surface area contributed by atoms with Crippen LogP contribution in [0.1, 0.15) is 21.5 Å². The van der Waals surface area contributed by atoms with Gasteiger partial charge in [0.05, 0.1) is 10.5 Å². The zero-order chi connectivity index (χ0) is 23.5. The molecule has 0 aliphatic heterocycles. The van der Waals surface area contributed by atoms with Gasteiger partial charge in [0, 0.05) is 11.6 Å². The maximum Gasteiger partial charge on any atom is 0.416 e. The van der Waals surface area contributed by atoms with Crippen molar-refractivity contribution in [3.05, 3.63) is 93.0 Å². The minimum Gasteiger partial charge on any atom is -0.483 e. The second kappa shape index (κ2) is 9.00. The van der Waals surface area contributed by atoms with Gasteiger partial charge >= 0.3 is 11.9 Å². The first kappa shape index (κ1) is 22.7. The predicted octanol–water partition coefficient (Wildman–Crippen LogP) is 6.08. The number of benzene rings is 3. The molecule has 3 rings (SSSR count). The van der Waals surface area contributed by atoms with Crippen LogP contribution in [0.25, 0.3) is 0 Å². The number of hydrogen-bond donors (Lipinski definition) is 0. The Morgan fingerprint density at radius 2 is 1.59 bits per heavy atom. The summed E-state index contributed by atoms with van der Waals surface area (Å²) in [6.07, 6.45) is -4.30. The smallest absolute Gasteiger partial charge is 0.416 e. The van der Waals surface area contributed by atoms with E-state index in [2.05, 4.69) is 0 Å². The van der Waals surface area contributed by atoms with Crippen molar-refractivity contribution in [3.8, 4) is 17.2 Å². The third-order valence-corrected chi connectivity index (χ3v) is 4.17. The lowest BCUT2D eigenvalue weighted by atomic mass is 10.2. The summed E-state index contributed by atoms with van der Waals surface area (Å²) < 4.78 is 76.4. The van der Waals surface area contributed by atoms with Gasteiger partial charge in [-0.2, -0.15) is 13.2 Å². The van der Waals surface area contributed by atoms with E-state index in [9.17, 15) is 36.9 Å². The summed E-state index contributed by atoms with van der Waals surface area (Å²) in [5, 5.41) is 11.3.